The summed E-state index contributed by atoms with van der Waals surface area (Å²) < 4.78 is 5.61. The highest BCUT2D eigenvalue weighted by atomic mass is 35.5. The molecule has 1 amide bonds. The number of nitrogens with one attached hydrogen (secondary N) is 1. The number of benzene rings is 2. The average Bonchev–Trinajstić information content (AvgIpc) is 2.77. The van der Waals surface area contributed by atoms with Gasteiger partial charge in [-0.2, -0.15) is 0 Å². The molecule has 8 heteroatoms. The molecule has 0 aliphatic carbocycles. The van der Waals surface area contributed by atoms with Gasteiger partial charge in [-0.3, -0.25) is 9.59 Å². The van der Waals surface area contributed by atoms with E-state index < -0.39 is 17.0 Å². The normalized spacial score (nSPS) is 23.5. The Hall–Kier alpha value is -2.12. The zero-order chi connectivity index (χ0) is 25.8. The number of halogens is 2. The first-order valence-electron chi connectivity index (χ1n) is 11.7. The van der Waals surface area contributed by atoms with Crippen LogP contribution in [0.15, 0.2) is 48.5 Å². The largest absolute Gasteiger partial charge is 0.481 e. The van der Waals surface area contributed by atoms with Gasteiger partial charge in [0.2, 0.25) is 5.91 Å². The Labute approximate surface area is 216 Å². The Morgan fingerprint density at radius 3 is 2.46 bits per heavy atom. The highest BCUT2D eigenvalue weighted by molar-refractivity contribution is 6.30. The first-order valence-corrected chi connectivity index (χ1v) is 12.5. The molecule has 0 bridgehead atoms. The maximum atomic E-state index is 13.7. The summed E-state index contributed by atoms with van der Waals surface area (Å²) in [5, 5.41) is 24.0. The van der Waals surface area contributed by atoms with Crippen molar-refractivity contribution >= 4 is 35.1 Å². The van der Waals surface area contributed by atoms with Crippen molar-refractivity contribution in [1.82, 2.24) is 5.32 Å². The summed E-state index contributed by atoms with van der Waals surface area (Å²) in [6, 6.07) is 14.4. The second-order valence-electron chi connectivity index (χ2n) is 10.1. The highest BCUT2D eigenvalue weighted by Gasteiger charge is 2.52. The maximum Gasteiger partial charge on any atom is 0.304 e. The smallest absolute Gasteiger partial charge is 0.304 e. The molecule has 1 fully saturated rings. The number of rotatable bonds is 10. The molecule has 0 saturated carbocycles. The number of carbonyl (C=O) groups excluding carboxylic acids is 1. The lowest BCUT2D eigenvalue weighted by atomic mass is 9.61. The fourth-order valence-corrected chi connectivity index (χ4v) is 5.23. The molecule has 190 valence electrons. The third kappa shape index (κ3) is 6.98. The number of ether oxygens (including phenoxy) is 1. The Morgan fingerprint density at radius 1 is 1.17 bits per heavy atom. The Morgan fingerprint density at radius 2 is 1.86 bits per heavy atom. The van der Waals surface area contributed by atoms with Gasteiger partial charge in [-0.25, -0.2) is 0 Å². The molecule has 3 rings (SSSR count). The van der Waals surface area contributed by atoms with Crippen LogP contribution < -0.4 is 5.32 Å². The third-order valence-electron chi connectivity index (χ3n) is 6.79. The van der Waals surface area contributed by atoms with E-state index in [2.05, 4.69) is 5.32 Å². The summed E-state index contributed by atoms with van der Waals surface area (Å²) in [6.07, 6.45) is 0.520. The number of carboxylic acid groups (broad SMARTS) is 1. The molecule has 3 N–H and O–H groups in total. The van der Waals surface area contributed by atoms with Crippen LogP contribution in [-0.2, 0) is 14.3 Å². The summed E-state index contributed by atoms with van der Waals surface area (Å²) in [5.74, 6) is -1.80. The third-order valence-corrected chi connectivity index (χ3v) is 7.28. The fourth-order valence-electron chi connectivity index (χ4n) is 4.90. The van der Waals surface area contributed by atoms with Crippen molar-refractivity contribution in [3.8, 4) is 0 Å². The van der Waals surface area contributed by atoms with Crippen LogP contribution in [0, 0.1) is 11.3 Å². The van der Waals surface area contributed by atoms with Crippen molar-refractivity contribution in [3.05, 3.63) is 69.7 Å². The van der Waals surface area contributed by atoms with E-state index in [1.165, 1.54) is 0 Å². The summed E-state index contributed by atoms with van der Waals surface area (Å²) in [5.41, 5.74) is -0.288. The van der Waals surface area contributed by atoms with E-state index in [1.54, 1.807) is 32.0 Å². The first kappa shape index (κ1) is 27.5. The van der Waals surface area contributed by atoms with E-state index in [0.717, 1.165) is 11.1 Å². The molecular formula is C27H33Cl2NO5. The highest BCUT2D eigenvalue weighted by Crippen LogP contribution is 2.51. The molecule has 0 radical (unpaired) electrons. The first-order chi connectivity index (χ1) is 16.4. The predicted molar refractivity (Wildman–Crippen MR) is 137 cm³/mol. The Balaban J connectivity index is 1.96. The molecule has 1 heterocycles. The van der Waals surface area contributed by atoms with E-state index in [-0.39, 0.29) is 36.8 Å². The number of hydrogen-bond acceptors (Lipinski definition) is 4. The monoisotopic (exact) mass is 521 g/mol. The molecular weight excluding hydrogens is 489 g/mol. The minimum Gasteiger partial charge on any atom is -0.481 e. The van der Waals surface area contributed by atoms with Crippen LogP contribution in [-0.4, -0.2) is 40.9 Å². The fraction of sp³-hybridized carbons (Fsp3) is 0.481. The van der Waals surface area contributed by atoms with Crippen molar-refractivity contribution < 1.29 is 24.5 Å². The van der Waals surface area contributed by atoms with Gasteiger partial charge in [0.25, 0.3) is 0 Å². The number of amides is 1. The van der Waals surface area contributed by atoms with Gasteiger partial charge in [0.05, 0.1) is 30.1 Å². The summed E-state index contributed by atoms with van der Waals surface area (Å²) >= 11 is 12.4. The van der Waals surface area contributed by atoms with E-state index >= 15 is 0 Å². The Kier molecular flexibility index (Phi) is 8.86. The molecule has 4 atom stereocenters. The van der Waals surface area contributed by atoms with Crippen molar-refractivity contribution in [1.29, 1.82) is 0 Å². The van der Waals surface area contributed by atoms with Gasteiger partial charge in [0.15, 0.2) is 0 Å². The zero-order valence-electron chi connectivity index (χ0n) is 20.3. The SMILES string of the molecule is C[C@@H](CCOCC(C)(C)O)[C@]1(CC(=O)O)C[C@H](c2cccc(Cl)c2)[C@@H](c2ccc(Cl)cc2)NC1=O. The molecule has 2 aromatic carbocycles. The molecule has 1 aliphatic rings. The lowest BCUT2D eigenvalue weighted by molar-refractivity contribution is -0.152. The summed E-state index contributed by atoms with van der Waals surface area (Å²) in [7, 11) is 0. The molecule has 35 heavy (non-hydrogen) atoms. The maximum absolute atomic E-state index is 13.7. The van der Waals surface area contributed by atoms with E-state index in [1.807, 2.05) is 37.3 Å². The van der Waals surface area contributed by atoms with Gasteiger partial charge < -0.3 is 20.3 Å². The molecule has 0 unspecified atom stereocenters. The van der Waals surface area contributed by atoms with E-state index in [4.69, 9.17) is 27.9 Å². The molecule has 6 nitrogen and oxygen atoms in total. The van der Waals surface area contributed by atoms with Gasteiger partial charge in [-0.05, 0) is 68.0 Å². The minimum absolute atomic E-state index is 0.154. The molecule has 0 spiro atoms. The molecule has 0 aromatic heterocycles. The van der Waals surface area contributed by atoms with Gasteiger partial charge >= 0.3 is 5.97 Å². The van der Waals surface area contributed by atoms with Crippen LogP contribution in [0.2, 0.25) is 10.0 Å². The lowest BCUT2D eigenvalue weighted by Crippen LogP contribution is -2.54. The quantitative estimate of drug-likeness (QED) is 0.353. The number of aliphatic hydroxyl groups is 1. The number of carboxylic acids is 1. The van der Waals surface area contributed by atoms with Crippen LogP contribution >= 0.6 is 23.2 Å². The summed E-state index contributed by atoms with van der Waals surface area (Å²) in [4.78, 5) is 25.7. The van der Waals surface area contributed by atoms with Crippen LogP contribution in [0.1, 0.15) is 63.1 Å². The van der Waals surface area contributed by atoms with Gasteiger partial charge in [-0.15, -0.1) is 0 Å². The summed E-state index contributed by atoms with van der Waals surface area (Å²) in [6.45, 7) is 5.67. The number of hydrogen-bond donors (Lipinski definition) is 3. The molecule has 1 saturated heterocycles. The second-order valence-corrected chi connectivity index (χ2v) is 11.0. The van der Waals surface area contributed by atoms with Crippen LogP contribution in [0.3, 0.4) is 0 Å². The van der Waals surface area contributed by atoms with E-state index in [0.29, 0.717) is 29.5 Å². The van der Waals surface area contributed by atoms with Crippen LogP contribution in [0.25, 0.3) is 0 Å². The molecule has 2 aromatic rings. The minimum atomic E-state index is -1.14. The van der Waals surface area contributed by atoms with Crippen molar-refractivity contribution in [3.63, 3.8) is 0 Å². The van der Waals surface area contributed by atoms with Gasteiger partial charge in [-0.1, -0.05) is 54.4 Å². The Bertz CT molecular complexity index is 1040. The van der Waals surface area contributed by atoms with Crippen molar-refractivity contribution in [2.75, 3.05) is 13.2 Å². The van der Waals surface area contributed by atoms with Gasteiger partial charge in [0, 0.05) is 22.6 Å². The molecule has 1 aliphatic heterocycles. The average molecular weight is 522 g/mol. The number of aliphatic carboxylic acids is 1. The number of piperidine rings is 1. The standard InChI is InChI=1S/C27H33Cl2NO5/c1-17(11-12-35-16-26(2,3)34)27(15-23(31)32)14-22(19-5-4-6-21(29)13-19)24(30-25(27)33)18-7-9-20(28)10-8-18/h4-10,13,17,22,24,34H,11-12,14-16H2,1-3H3,(H,30,33)(H,31,32)/t17-,22+,24+,27+/m0/s1. The zero-order valence-corrected chi connectivity index (χ0v) is 21.8. The topological polar surface area (TPSA) is 95.9 Å². The second kappa shape index (κ2) is 11.3. The number of carbonyl (C=O) groups is 2. The predicted octanol–water partition coefficient (Wildman–Crippen LogP) is 5.61. The van der Waals surface area contributed by atoms with Crippen LogP contribution in [0.4, 0.5) is 0 Å². The van der Waals surface area contributed by atoms with Crippen molar-refractivity contribution in [2.24, 2.45) is 11.3 Å². The van der Waals surface area contributed by atoms with E-state index in [9.17, 15) is 19.8 Å². The van der Waals surface area contributed by atoms with Gasteiger partial charge in [0.1, 0.15) is 0 Å². The lowest BCUT2D eigenvalue weighted by Gasteiger charge is -2.47. The van der Waals surface area contributed by atoms with Crippen LogP contribution in [0.5, 0.6) is 0 Å². The van der Waals surface area contributed by atoms with Crippen molar-refractivity contribution in [2.45, 2.75) is 57.6 Å².